The number of ether oxygens (including phenoxy) is 1. The predicted molar refractivity (Wildman–Crippen MR) is 149 cm³/mol. The van der Waals surface area contributed by atoms with Gasteiger partial charge in [0.05, 0.1) is 23.1 Å². The Labute approximate surface area is 227 Å². The molecule has 0 amide bonds. The van der Waals surface area contributed by atoms with Gasteiger partial charge in [-0.1, -0.05) is 25.8 Å². The second kappa shape index (κ2) is 10.7. The summed E-state index contributed by atoms with van der Waals surface area (Å²) in [5.74, 6) is -0.477. The molecular weight excluding hydrogens is 495 g/mol. The molecule has 2 unspecified atom stereocenters. The summed E-state index contributed by atoms with van der Waals surface area (Å²) >= 11 is 0. The van der Waals surface area contributed by atoms with E-state index in [2.05, 4.69) is 32.8 Å². The van der Waals surface area contributed by atoms with Gasteiger partial charge >= 0.3 is 5.97 Å². The first kappa shape index (κ1) is 25.3. The monoisotopic (exact) mass is 528 g/mol. The number of hydrogen-bond acceptors (Lipinski definition) is 5. The van der Waals surface area contributed by atoms with Gasteiger partial charge in [-0.05, 0) is 55.5 Å². The van der Waals surface area contributed by atoms with Crippen LogP contribution in [-0.4, -0.2) is 37.8 Å². The third kappa shape index (κ3) is 4.84. The molecule has 1 aliphatic carbocycles. The number of fused-ring (bicyclic) bond motifs is 5. The maximum Gasteiger partial charge on any atom is 0.335 e. The Kier molecular flexibility index (Phi) is 6.94. The smallest absolute Gasteiger partial charge is 0.335 e. The molecule has 8 heteroatoms. The molecule has 2 N–H and O–H groups in total. The standard InChI is InChI=1S/C31H33FN4O3/c1-2-20-11-14-36-28-15-19(31(37)38)7-9-25(28)29(23-5-3-4-6-26(23)32)30(36)24-10-8-22(16-27(24)35-20)39-18-21-17-33-12-13-34-21/h7-10,12-13,15-17,20,23,26,35H,2-6,11,14,18H2,1H3,(H,37,38)/t20?,23?,26-/m0/s1. The first-order valence-corrected chi connectivity index (χ1v) is 13.9. The summed E-state index contributed by atoms with van der Waals surface area (Å²) in [4.78, 5) is 20.3. The van der Waals surface area contributed by atoms with Crippen molar-refractivity contribution in [3.8, 4) is 17.0 Å². The molecule has 0 spiro atoms. The predicted octanol–water partition coefficient (Wildman–Crippen LogP) is 6.97. The number of rotatable bonds is 6. The number of hydrogen-bond donors (Lipinski definition) is 2. The quantitative estimate of drug-likeness (QED) is 0.281. The number of aryl methyl sites for hydroxylation is 1. The van der Waals surface area contributed by atoms with Gasteiger partial charge in [-0.15, -0.1) is 0 Å². The van der Waals surface area contributed by atoms with Gasteiger partial charge in [0, 0.05) is 59.1 Å². The third-order valence-corrected chi connectivity index (χ3v) is 8.21. The molecule has 2 aromatic heterocycles. The van der Waals surface area contributed by atoms with E-state index in [0.717, 1.165) is 71.2 Å². The fourth-order valence-electron chi connectivity index (χ4n) is 6.20. The Morgan fingerprint density at radius 2 is 2.03 bits per heavy atom. The summed E-state index contributed by atoms with van der Waals surface area (Å²) < 4.78 is 23.9. The van der Waals surface area contributed by atoms with E-state index in [0.29, 0.717) is 25.3 Å². The van der Waals surface area contributed by atoms with Crippen molar-refractivity contribution in [2.45, 2.75) is 76.7 Å². The van der Waals surface area contributed by atoms with Crippen LogP contribution in [0.3, 0.4) is 0 Å². The van der Waals surface area contributed by atoms with Crippen molar-refractivity contribution in [3.05, 3.63) is 71.8 Å². The average molecular weight is 529 g/mol. The molecule has 6 rings (SSSR count). The van der Waals surface area contributed by atoms with E-state index in [9.17, 15) is 9.90 Å². The van der Waals surface area contributed by atoms with Crippen LogP contribution in [0.5, 0.6) is 5.75 Å². The average Bonchev–Trinajstić information content (AvgIpc) is 3.26. The van der Waals surface area contributed by atoms with Crippen LogP contribution in [0.1, 0.15) is 73.0 Å². The maximum atomic E-state index is 15.6. The molecule has 3 heterocycles. The lowest BCUT2D eigenvalue weighted by atomic mass is 9.80. The van der Waals surface area contributed by atoms with Gasteiger partial charge in [0.15, 0.2) is 0 Å². The fraction of sp³-hybridized carbons (Fsp3) is 0.387. The van der Waals surface area contributed by atoms with Crippen molar-refractivity contribution in [3.63, 3.8) is 0 Å². The number of nitrogens with one attached hydrogen (secondary N) is 1. The summed E-state index contributed by atoms with van der Waals surface area (Å²) in [5, 5.41) is 14.4. The number of alkyl halides is 1. The molecule has 39 heavy (non-hydrogen) atoms. The van der Waals surface area contributed by atoms with Crippen LogP contribution < -0.4 is 10.1 Å². The van der Waals surface area contributed by atoms with Crippen molar-refractivity contribution in [1.82, 2.24) is 14.5 Å². The van der Waals surface area contributed by atoms with Crippen molar-refractivity contribution in [2.75, 3.05) is 5.32 Å². The van der Waals surface area contributed by atoms with Gasteiger partial charge in [0.2, 0.25) is 0 Å². The first-order chi connectivity index (χ1) is 19.0. The van der Waals surface area contributed by atoms with E-state index < -0.39 is 12.1 Å². The largest absolute Gasteiger partial charge is 0.487 e. The van der Waals surface area contributed by atoms with E-state index >= 15 is 4.39 Å². The SMILES string of the molecule is CCC1CCn2c(c(C3CCCC[C@@H]3F)c3ccc(C(=O)O)cc32)-c2ccc(OCc3cnccn3)cc2N1. The minimum absolute atomic E-state index is 0.222. The lowest BCUT2D eigenvalue weighted by Gasteiger charge is -2.30. The molecular formula is C31H33FN4O3. The van der Waals surface area contributed by atoms with Crippen molar-refractivity contribution in [2.24, 2.45) is 0 Å². The highest BCUT2D eigenvalue weighted by Crippen LogP contribution is 2.48. The molecule has 202 valence electrons. The number of anilines is 1. The summed E-state index contributed by atoms with van der Waals surface area (Å²) in [6, 6.07) is 11.5. The van der Waals surface area contributed by atoms with Crippen molar-refractivity contribution < 1.29 is 19.0 Å². The lowest BCUT2D eigenvalue weighted by molar-refractivity contribution is 0.0697. The van der Waals surface area contributed by atoms with Gasteiger partial charge in [-0.2, -0.15) is 0 Å². The maximum absolute atomic E-state index is 15.6. The zero-order chi connectivity index (χ0) is 26.9. The van der Waals surface area contributed by atoms with Crippen LogP contribution in [0, 0.1) is 0 Å². The van der Waals surface area contributed by atoms with E-state index in [1.54, 1.807) is 30.7 Å². The molecule has 0 radical (unpaired) electrons. The number of nitrogens with zero attached hydrogens (tertiary/aromatic N) is 3. The number of halogens is 1. The molecule has 7 nitrogen and oxygen atoms in total. The zero-order valence-electron chi connectivity index (χ0n) is 22.1. The topological polar surface area (TPSA) is 89.3 Å². The number of carboxylic acids is 1. The Bertz CT molecular complexity index is 1500. The van der Waals surface area contributed by atoms with Gasteiger partial charge in [0.1, 0.15) is 18.5 Å². The second-order valence-corrected chi connectivity index (χ2v) is 10.6. The van der Waals surface area contributed by atoms with Crippen LogP contribution in [0.15, 0.2) is 55.0 Å². The van der Waals surface area contributed by atoms with Crippen molar-refractivity contribution >= 4 is 22.6 Å². The first-order valence-electron chi connectivity index (χ1n) is 13.9. The minimum Gasteiger partial charge on any atom is -0.487 e. The van der Waals surface area contributed by atoms with E-state index in [4.69, 9.17) is 4.74 Å². The van der Waals surface area contributed by atoms with E-state index in [-0.39, 0.29) is 17.5 Å². The molecule has 3 atom stereocenters. The number of carbonyl (C=O) groups is 1. The van der Waals surface area contributed by atoms with Crippen molar-refractivity contribution in [1.29, 1.82) is 0 Å². The number of carboxylic acid groups (broad SMARTS) is 1. The van der Waals surface area contributed by atoms with Crippen LogP contribution in [0.2, 0.25) is 0 Å². The van der Waals surface area contributed by atoms with Gasteiger partial charge in [0.25, 0.3) is 0 Å². The Hall–Kier alpha value is -3.94. The molecule has 1 saturated carbocycles. The summed E-state index contributed by atoms with van der Waals surface area (Å²) in [5.41, 5.74) is 5.76. The molecule has 0 bridgehead atoms. The van der Waals surface area contributed by atoms with Crippen LogP contribution in [-0.2, 0) is 13.2 Å². The number of benzene rings is 2. The molecule has 4 aromatic rings. The Morgan fingerprint density at radius 1 is 1.15 bits per heavy atom. The summed E-state index contributed by atoms with van der Waals surface area (Å²) in [6.45, 7) is 3.18. The Morgan fingerprint density at radius 3 is 2.79 bits per heavy atom. The molecule has 1 fully saturated rings. The van der Waals surface area contributed by atoms with Crippen LogP contribution >= 0.6 is 0 Å². The fourth-order valence-corrected chi connectivity index (χ4v) is 6.20. The van der Waals surface area contributed by atoms with Gasteiger partial charge < -0.3 is 19.7 Å². The van der Waals surface area contributed by atoms with Gasteiger partial charge in [-0.25, -0.2) is 9.18 Å². The second-order valence-electron chi connectivity index (χ2n) is 10.6. The van der Waals surface area contributed by atoms with Gasteiger partial charge in [-0.3, -0.25) is 9.97 Å². The molecule has 2 aromatic carbocycles. The van der Waals surface area contributed by atoms with Crippen LogP contribution in [0.4, 0.5) is 10.1 Å². The zero-order valence-corrected chi connectivity index (χ0v) is 22.1. The minimum atomic E-state index is -0.959. The molecule has 2 aliphatic rings. The Balaban J connectivity index is 1.52. The highest BCUT2D eigenvalue weighted by molar-refractivity contribution is 5.99. The normalized spacial score (nSPS) is 20.8. The number of aromatic nitrogens is 3. The highest BCUT2D eigenvalue weighted by Gasteiger charge is 2.34. The molecule has 1 aliphatic heterocycles. The summed E-state index contributed by atoms with van der Waals surface area (Å²) in [7, 11) is 0. The van der Waals surface area contributed by atoms with Crippen LogP contribution in [0.25, 0.3) is 22.2 Å². The highest BCUT2D eigenvalue weighted by atomic mass is 19.1. The molecule has 0 saturated heterocycles. The third-order valence-electron chi connectivity index (χ3n) is 8.21. The van der Waals surface area contributed by atoms with E-state index in [1.807, 2.05) is 18.2 Å². The lowest BCUT2D eigenvalue weighted by Crippen LogP contribution is -2.24. The number of aromatic carboxylic acids is 1. The summed E-state index contributed by atoms with van der Waals surface area (Å²) in [6.07, 6.45) is 9.06. The van der Waals surface area contributed by atoms with E-state index in [1.165, 1.54) is 0 Å².